The Morgan fingerprint density at radius 3 is 2.46 bits per heavy atom. The average Bonchev–Trinajstić information content (AvgIpc) is 2.84. The lowest BCUT2D eigenvalue weighted by Gasteiger charge is -2.51. The molecule has 224 valence electrons. The number of phenols is 1. The molecule has 0 radical (unpaired) electrons. The van der Waals surface area contributed by atoms with Crippen LogP contribution in [0.3, 0.4) is 0 Å². The Balaban J connectivity index is 1.65. The third kappa shape index (κ3) is 4.57. The average molecular weight is 575 g/mol. The molecule has 5 rings (SSSR count). The van der Waals surface area contributed by atoms with Gasteiger partial charge in [-0.05, 0) is 69.8 Å². The van der Waals surface area contributed by atoms with Crippen molar-refractivity contribution in [2.45, 2.75) is 50.2 Å². The van der Waals surface area contributed by atoms with Gasteiger partial charge in [0, 0.05) is 44.0 Å². The van der Waals surface area contributed by atoms with E-state index in [9.17, 15) is 39.5 Å². The number of halogens is 1. The quantitative estimate of drug-likeness (QED) is 0.278. The highest BCUT2D eigenvalue weighted by molar-refractivity contribution is 6.08. The largest absolute Gasteiger partial charge is 0.510 e. The predicted molar refractivity (Wildman–Crippen MR) is 149 cm³/mol. The number of anilines is 1. The van der Waals surface area contributed by atoms with Crippen LogP contribution in [0.4, 0.5) is 10.1 Å². The van der Waals surface area contributed by atoms with Gasteiger partial charge in [-0.25, -0.2) is 4.39 Å². The number of ketones is 1. The van der Waals surface area contributed by atoms with E-state index in [-0.39, 0.29) is 42.8 Å². The first-order valence-electron chi connectivity index (χ1n) is 13.9. The van der Waals surface area contributed by atoms with Crippen LogP contribution in [0.5, 0.6) is 5.75 Å². The number of piperidine rings is 1. The Labute approximate surface area is 238 Å². The fraction of sp³-hybridized carbons (Fsp3) is 0.586. The van der Waals surface area contributed by atoms with Crippen LogP contribution in [-0.2, 0) is 22.6 Å². The third-order valence-corrected chi connectivity index (χ3v) is 9.22. The van der Waals surface area contributed by atoms with E-state index in [1.54, 1.807) is 19.0 Å². The summed E-state index contributed by atoms with van der Waals surface area (Å²) < 4.78 is 14.1. The van der Waals surface area contributed by atoms with Crippen molar-refractivity contribution in [3.63, 3.8) is 0 Å². The van der Waals surface area contributed by atoms with E-state index in [0.29, 0.717) is 30.5 Å². The van der Waals surface area contributed by atoms with Gasteiger partial charge in [0.05, 0.1) is 17.5 Å². The molecule has 1 heterocycles. The summed E-state index contributed by atoms with van der Waals surface area (Å²) in [4.78, 5) is 31.7. The van der Waals surface area contributed by atoms with Crippen molar-refractivity contribution in [1.29, 1.82) is 0 Å². The van der Waals surface area contributed by atoms with Gasteiger partial charge in [0.25, 0.3) is 5.91 Å². The van der Waals surface area contributed by atoms with E-state index in [4.69, 9.17) is 5.73 Å². The van der Waals surface area contributed by atoms with Crippen molar-refractivity contribution in [2.75, 3.05) is 46.2 Å². The van der Waals surface area contributed by atoms with E-state index in [2.05, 4.69) is 0 Å². The van der Waals surface area contributed by atoms with Crippen LogP contribution in [-0.4, -0.2) is 106 Å². The number of aliphatic hydroxyl groups is 4. The number of nitrogens with zero attached hydrogens (tertiary/aromatic N) is 3. The number of aromatic hydroxyl groups is 1. The number of fused-ring (bicyclic) bond motifs is 3. The molecule has 41 heavy (non-hydrogen) atoms. The van der Waals surface area contributed by atoms with Crippen molar-refractivity contribution in [1.82, 2.24) is 9.80 Å². The SMILES string of the molecule is CN(C)c1cc(CN2CCCC(F)C2)c(O)c2c1CC1CC3C(C(=O)C1=C2O)C(O)(O)C(C(N)=O)=C(O)[C@H]3N(C)C. The van der Waals surface area contributed by atoms with Crippen LogP contribution in [0.25, 0.3) is 5.76 Å². The minimum Gasteiger partial charge on any atom is -0.510 e. The van der Waals surface area contributed by atoms with Gasteiger partial charge in [0.15, 0.2) is 5.78 Å². The van der Waals surface area contributed by atoms with Crippen LogP contribution in [0.15, 0.2) is 23.0 Å². The Hall–Kier alpha value is -3.19. The fourth-order valence-corrected chi connectivity index (χ4v) is 7.56. The number of carbonyl (C=O) groups is 2. The summed E-state index contributed by atoms with van der Waals surface area (Å²) in [5.74, 6) is -9.38. The molecule has 0 spiro atoms. The van der Waals surface area contributed by atoms with Gasteiger partial charge in [-0.1, -0.05) is 0 Å². The topological polar surface area (TPSA) is 171 Å². The van der Waals surface area contributed by atoms with Crippen LogP contribution >= 0.6 is 0 Å². The predicted octanol–water partition coefficient (Wildman–Crippen LogP) is 0.961. The van der Waals surface area contributed by atoms with E-state index in [0.717, 1.165) is 5.69 Å². The number of phenolic OH excluding ortho intramolecular Hbond substituents is 1. The number of allylic oxidation sites excluding steroid dienone is 1. The molecule has 4 aliphatic rings. The van der Waals surface area contributed by atoms with Gasteiger partial charge in [0.1, 0.15) is 29.0 Å². The van der Waals surface area contributed by atoms with Crippen LogP contribution in [0, 0.1) is 17.8 Å². The monoisotopic (exact) mass is 574 g/mol. The van der Waals surface area contributed by atoms with Gasteiger partial charge in [-0.2, -0.15) is 0 Å². The minimum absolute atomic E-state index is 0.0621. The normalized spacial score (nSPS) is 29.8. The van der Waals surface area contributed by atoms with Gasteiger partial charge in [-0.3, -0.25) is 19.4 Å². The number of aliphatic hydroxyl groups excluding tert-OH is 2. The van der Waals surface area contributed by atoms with Gasteiger partial charge < -0.3 is 36.2 Å². The molecular weight excluding hydrogens is 535 g/mol. The molecule has 1 aliphatic heterocycles. The minimum atomic E-state index is -3.07. The van der Waals surface area contributed by atoms with Gasteiger partial charge in [-0.15, -0.1) is 0 Å². The zero-order valence-corrected chi connectivity index (χ0v) is 23.8. The maximum Gasteiger partial charge on any atom is 0.253 e. The molecule has 5 atom stereocenters. The summed E-state index contributed by atoms with van der Waals surface area (Å²) in [6.07, 6.45) is 0.663. The molecule has 1 aromatic rings. The van der Waals surface area contributed by atoms with Crippen molar-refractivity contribution in [3.8, 4) is 5.75 Å². The number of likely N-dealkylation sites (N-methyl/N-ethyl adjacent to an activating group) is 1. The van der Waals surface area contributed by atoms with Crippen LogP contribution in [0.1, 0.15) is 36.0 Å². The molecule has 0 aromatic heterocycles. The Kier molecular flexibility index (Phi) is 7.34. The summed E-state index contributed by atoms with van der Waals surface area (Å²) in [5.41, 5.74) is 6.43. The van der Waals surface area contributed by atoms with Crippen molar-refractivity contribution < 1.29 is 39.5 Å². The lowest BCUT2D eigenvalue weighted by atomic mass is 9.58. The molecule has 12 heteroatoms. The maximum absolute atomic E-state index is 14.1. The Morgan fingerprint density at radius 2 is 1.88 bits per heavy atom. The van der Waals surface area contributed by atoms with Crippen molar-refractivity contribution >= 4 is 23.1 Å². The molecule has 1 aromatic carbocycles. The standard InChI is InChI=1S/C29H39FN4O7/c1-32(2)18-10-14(11-34-7-5-6-15(30)12-34)24(35)20-16(18)8-13-9-17-21(26(37)19(13)25(20)36)29(40,41)22(28(31)39)27(38)23(17)33(3)4/h10,13,15,17,21,23,35-36,38,40-41H,5-9,11-12H2,1-4H3,(H2,31,39)/t13?,15?,17?,21?,23-/m0/s1. The molecule has 1 saturated carbocycles. The van der Waals surface area contributed by atoms with E-state index in [1.807, 2.05) is 30.0 Å². The summed E-state index contributed by atoms with van der Waals surface area (Å²) in [6.45, 7) is 1.14. The summed E-state index contributed by atoms with van der Waals surface area (Å²) in [6, 6.07) is 0.919. The highest BCUT2D eigenvalue weighted by Crippen LogP contribution is 2.54. The molecule has 0 bridgehead atoms. The first kappa shape index (κ1) is 29.3. The first-order valence-corrected chi connectivity index (χ1v) is 13.9. The molecule has 1 amide bonds. The summed E-state index contributed by atoms with van der Waals surface area (Å²) in [5, 5.41) is 56.3. The third-order valence-electron chi connectivity index (χ3n) is 9.22. The van der Waals surface area contributed by atoms with Gasteiger partial charge >= 0.3 is 0 Å². The summed E-state index contributed by atoms with van der Waals surface area (Å²) in [7, 11) is 6.94. The Bertz CT molecular complexity index is 1350. The highest BCUT2D eigenvalue weighted by atomic mass is 19.1. The number of amides is 1. The second kappa shape index (κ2) is 10.3. The van der Waals surface area contributed by atoms with Crippen molar-refractivity contribution in [2.24, 2.45) is 23.5 Å². The van der Waals surface area contributed by atoms with E-state index < -0.39 is 64.5 Å². The van der Waals surface area contributed by atoms with E-state index in [1.165, 1.54) is 0 Å². The fourth-order valence-electron chi connectivity index (χ4n) is 7.56. The van der Waals surface area contributed by atoms with Gasteiger partial charge in [0.2, 0.25) is 5.79 Å². The zero-order valence-electron chi connectivity index (χ0n) is 23.8. The molecular formula is C29H39FN4O7. The molecule has 2 fully saturated rings. The lowest BCUT2D eigenvalue weighted by Crippen LogP contribution is -2.62. The second-order valence-electron chi connectivity index (χ2n) is 12.3. The van der Waals surface area contributed by atoms with E-state index >= 15 is 0 Å². The molecule has 11 nitrogen and oxygen atoms in total. The number of Topliss-reactive ketones (excluding diaryl/α,β-unsaturated/α-hetero) is 1. The highest BCUT2D eigenvalue weighted by Gasteiger charge is 2.62. The lowest BCUT2D eigenvalue weighted by molar-refractivity contribution is -0.203. The number of hydrogen-bond acceptors (Lipinski definition) is 10. The number of nitrogens with two attached hydrogens (primary N) is 1. The number of primary amides is 1. The number of carbonyl (C=O) groups excluding carboxylic acids is 2. The van der Waals surface area contributed by atoms with Crippen molar-refractivity contribution in [3.05, 3.63) is 39.7 Å². The number of benzene rings is 1. The molecule has 7 N–H and O–H groups in total. The molecule has 4 unspecified atom stereocenters. The second-order valence-corrected chi connectivity index (χ2v) is 12.3. The first-order chi connectivity index (χ1) is 19.2. The van der Waals surface area contributed by atoms with Crippen LogP contribution < -0.4 is 10.6 Å². The molecule has 3 aliphatic carbocycles. The Morgan fingerprint density at radius 1 is 1.20 bits per heavy atom. The maximum atomic E-state index is 14.1. The zero-order chi connectivity index (χ0) is 30.1. The number of hydrogen-bond donors (Lipinski definition) is 6. The van der Waals surface area contributed by atoms with Crippen LogP contribution in [0.2, 0.25) is 0 Å². The number of likely N-dealkylation sites (tertiary alicyclic amines) is 1. The summed E-state index contributed by atoms with van der Waals surface area (Å²) >= 11 is 0. The number of rotatable bonds is 5. The molecule has 1 saturated heterocycles. The number of alkyl halides is 1. The smallest absolute Gasteiger partial charge is 0.253 e.